The minimum atomic E-state index is -0.506. The Hall–Kier alpha value is -3.62. The molecule has 0 spiro atoms. The van der Waals surface area contributed by atoms with E-state index in [9.17, 15) is 14.9 Å². The van der Waals surface area contributed by atoms with Crippen molar-refractivity contribution >= 4 is 17.3 Å². The number of amides is 1. The van der Waals surface area contributed by atoms with Crippen LogP contribution in [0.4, 0.5) is 11.4 Å². The molecular weight excluding hydrogens is 312 g/mol. The van der Waals surface area contributed by atoms with Crippen molar-refractivity contribution < 1.29 is 9.72 Å². The normalized spacial score (nSPS) is 10.4. The van der Waals surface area contributed by atoms with Gasteiger partial charge in [0.05, 0.1) is 4.92 Å². The molecule has 3 rings (SSSR count). The van der Waals surface area contributed by atoms with Gasteiger partial charge in [0.15, 0.2) is 11.5 Å². The molecule has 0 aliphatic heterocycles. The quantitative estimate of drug-likeness (QED) is 0.580. The number of aryl methyl sites for hydroxylation is 1. The van der Waals surface area contributed by atoms with E-state index >= 15 is 0 Å². The van der Waals surface area contributed by atoms with Crippen molar-refractivity contribution in [2.75, 3.05) is 5.32 Å². The van der Waals surface area contributed by atoms with Crippen molar-refractivity contribution in [2.45, 2.75) is 6.92 Å². The molecule has 0 saturated heterocycles. The lowest BCUT2D eigenvalue weighted by molar-refractivity contribution is -0.384. The Morgan fingerprint density at radius 3 is 2.46 bits per heavy atom. The van der Waals surface area contributed by atoms with Crippen LogP contribution < -0.4 is 5.32 Å². The lowest BCUT2D eigenvalue weighted by atomic mass is 10.2. The molecule has 0 fully saturated rings. The molecule has 9 heteroatoms. The van der Waals surface area contributed by atoms with Crippen LogP contribution in [0.2, 0.25) is 0 Å². The Bertz CT molecular complexity index is 886. The molecule has 1 amide bonds. The monoisotopic (exact) mass is 324 g/mol. The largest absolute Gasteiger partial charge is 0.321 e. The van der Waals surface area contributed by atoms with E-state index in [1.54, 1.807) is 29.1 Å². The zero-order chi connectivity index (χ0) is 17.1. The molecule has 0 radical (unpaired) electrons. The van der Waals surface area contributed by atoms with E-state index in [4.69, 9.17) is 0 Å². The van der Waals surface area contributed by atoms with E-state index in [2.05, 4.69) is 20.5 Å². The molecule has 0 bridgehead atoms. The van der Waals surface area contributed by atoms with Crippen LogP contribution in [-0.2, 0) is 0 Å². The summed E-state index contributed by atoms with van der Waals surface area (Å²) in [6.07, 6.45) is 3.39. The number of rotatable bonds is 4. The molecule has 0 aliphatic rings. The zero-order valence-electron chi connectivity index (χ0n) is 12.6. The van der Waals surface area contributed by atoms with Crippen LogP contribution in [0.1, 0.15) is 16.3 Å². The second-order valence-corrected chi connectivity index (χ2v) is 4.88. The molecule has 24 heavy (non-hydrogen) atoms. The van der Waals surface area contributed by atoms with Crippen molar-refractivity contribution in [3.05, 3.63) is 70.4 Å². The highest BCUT2D eigenvalue weighted by Crippen LogP contribution is 2.16. The number of nitrogens with zero attached hydrogens (tertiary/aromatic N) is 5. The molecule has 1 N–H and O–H groups in total. The molecule has 0 atom stereocenters. The fourth-order valence-electron chi connectivity index (χ4n) is 2.06. The Morgan fingerprint density at radius 2 is 1.92 bits per heavy atom. The first-order valence-corrected chi connectivity index (χ1v) is 6.94. The van der Waals surface area contributed by atoms with Gasteiger partial charge < -0.3 is 5.32 Å². The average Bonchev–Trinajstić information content (AvgIpc) is 3.01. The van der Waals surface area contributed by atoms with Gasteiger partial charge in [-0.2, -0.15) is 0 Å². The van der Waals surface area contributed by atoms with Gasteiger partial charge in [-0.15, -0.1) is 10.2 Å². The average molecular weight is 324 g/mol. The zero-order valence-corrected chi connectivity index (χ0v) is 12.6. The number of benzene rings is 1. The SMILES string of the molecule is Cc1nccn1-c1ccc(C(=O)Nc2ccc([N+](=O)[O-])cc2)nn1. The second kappa shape index (κ2) is 6.24. The predicted molar refractivity (Wildman–Crippen MR) is 84.9 cm³/mol. The summed E-state index contributed by atoms with van der Waals surface area (Å²) in [6, 6.07) is 8.73. The number of carbonyl (C=O) groups excluding carboxylic acids is 1. The molecule has 2 heterocycles. The van der Waals surface area contributed by atoms with Crippen LogP contribution in [0, 0.1) is 17.0 Å². The van der Waals surface area contributed by atoms with Gasteiger partial charge in [-0.05, 0) is 31.2 Å². The van der Waals surface area contributed by atoms with Crippen LogP contribution in [0.25, 0.3) is 5.82 Å². The third kappa shape index (κ3) is 3.09. The van der Waals surface area contributed by atoms with Crippen molar-refractivity contribution in [3.63, 3.8) is 0 Å². The summed E-state index contributed by atoms with van der Waals surface area (Å²) < 4.78 is 1.74. The van der Waals surface area contributed by atoms with Crippen LogP contribution in [0.3, 0.4) is 0 Å². The van der Waals surface area contributed by atoms with Crippen molar-refractivity contribution in [3.8, 4) is 5.82 Å². The maximum absolute atomic E-state index is 12.1. The van der Waals surface area contributed by atoms with Crippen molar-refractivity contribution in [1.29, 1.82) is 0 Å². The van der Waals surface area contributed by atoms with E-state index in [-0.39, 0.29) is 11.4 Å². The van der Waals surface area contributed by atoms with E-state index in [1.165, 1.54) is 24.3 Å². The summed E-state index contributed by atoms with van der Waals surface area (Å²) in [5.74, 6) is 0.856. The van der Waals surface area contributed by atoms with Gasteiger partial charge in [0.1, 0.15) is 5.82 Å². The Kier molecular flexibility index (Phi) is 3.98. The number of hydrogen-bond donors (Lipinski definition) is 1. The summed E-state index contributed by atoms with van der Waals surface area (Å²) in [6.45, 7) is 1.83. The second-order valence-electron chi connectivity index (χ2n) is 4.88. The van der Waals surface area contributed by atoms with Gasteiger partial charge in [-0.1, -0.05) is 0 Å². The Morgan fingerprint density at radius 1 is 1.17 bits per heavy atom. The first-order valence-electron chi connectivity index (χ1n) is 6.94. The maximum atomic E-state index is 12.1. The molecule has 1 aromatic carbocycles. The smallest absolute Gasteiger partial charge is 0.276 e. The summed E-state index contributed by atoms with van der Waals surface area (Å²) in [7, 11) is 0. The first-order chi connectivity index (χ1) is 11.5. The molecule has 0 saturated carbocycles. The number of nitrogens with one attached hydrogen (secondary N) is 1. The fourth-order valence-corrected chi connectivity index (χ4v) is 2.06. The number of non-ortho nitro benzene ring substituents is 1. The minimum Gasteiger partial charge on any atom is -0.321 e. The fraction of sp³-hybridized carbons (Fsp3) is 0.0667. The number of hydrogen-bond acceptors (Lipinski definition) is 6. The van der Waals surface area contributed by atoms with Gasteiger partial charge in [-0.25, -0.2) is 4.98 Å². The van der Waals surface area contributed by atoms with E-state index in [0.717, 1.165) is 5.82 Å². The lowest BCUT2D eigenvalue weighted by Gasteiger charge is -2.06. The molecule has 120 valence electrons. The number of aromatic nitrogens is 4. The van der Waals surface area contributed by atoms with Crippen LogP contribution >= 0.6 is 0 Å². The van der Waals surface area contributed by atoms with Gasteiger partial charge in [0.25, 0.3) is 11.6 Å². The third-order valence-electron chi connectivity index (χ3n) is 3.29. The summed E-state index contributed by atoms with van der Waals surface area (Å²) in [4.78, 5) is 26.3. The highest BCUT2D eigenvalue weighted by atomic mass is 16.6. The lowest BCUT2D eigenvalue weighted by Crippen LogP contribution is -2.15. The summed E-state index contributed by atoms with van der Waals surface area (Å²) in [5.41, 5.74) is 0.518. The Labute approximate surface area is 136 Å². The third-order valence-corrected chi connectivity index (χ3v) is 3.29. The summed E-state index contributed by atoms with van der Waals surface area (Å²) >= 11 is 0. The van der Waals surface area contributed by atoms with Crippen LogP contribution in [-0.4, -0.2) is 30.6 Å². The number of nitro benzene ring substituents is 1. The molecule has 9 nitrogen and oxygen atoms in total. The first kappa shape index (κ1) is 15.3. The topological polar surface area (TPSA) is 116 Å². The van der Waals surface area contributed by atoms with Crippen molar-refractivity contribution in [1.82, 2.24) is 19.7 Å². The van der Waals surface area contributed by atoms with E-state index < -0.39 is 10.8 Å². The van der Waals surface area contributed by atoms with Crippen molar-refractivity contribution in [2.24, 2.45) is 0 Å². The molecular formula is C15H12N6O3. The van der Waals surface area contributed by atoms with Gasteiger partial charge in [-0.3, -0.25) is 19.5 Å². The van der Waals surface area contributed by atoms with Crippen LogP contribution in [0.5, 0.6) is 0 Å². The highest BCUT2D eigenvalue weighted by Gasteiger charge is 2.11. The minimum absolute atomic E-state index is 0.0483. The highest BCUT2D eigenvalue weighted by molar-refractivity contribution is 6.02. The van der Waals surface area contributed by atoms with E-state index in [1.807, 2.05) is 6.92 Å². The van der Waals surface area contributed by atoms with Gasteiger partial charge in [0, 0.05) is 30.2 Å². The number of carbonyl (C=O) groups is 1. The maximum Gasteiger partial charge on any atom is 0.276 e. The Balaban J connectivity index is 1.73. The van der Waals surface area contributed by atoms with Gasteiger partial charge in [0.2, 0.25) is 0 Å². The number of nitro groups is 1. The molecule has 3 aromatic rings. The van der Waals surface area contributed by atoms with Gasteiger partial charge >= 0.3 is 0 Å². The molecule has 2 aromatic heterocycles. The predicted octanol–water partition coefficient (Wildman–Crippen LogP) is 2.13. The summed E-state index contributed by atoms with van der Waals surface area (Å²) in [5, 5.41) is 21.1. The van der Waals surface area contributed by atoms with E-state index in [0.29, 0.717) is 11.5 Å². The molecule has 0 unspecified atom stereocenters. The standard InChI is InChI=1S/C15H12N6O3/c1-10-16-8-9-20(10)14-7-6-13(18-19-14)15(22)17-11-2-4-12(5-3-11)21(23)24/h2-9H,1H3,(H,17,22). The number of imidazole rings is 1. The number of anilines is 1. The van der Waals surface area contributed by atoms with Crippen LogP contribution in [0.15, 0.2) is 48.8 Å². The molecule has 0 aliphatic carbocycles.